The standard InChI is InChI=1S/C15H20N4O/c1-4-12-8-13(5-6-16-12)19-15(20)11-7-14(17-9-11)18-10(2)3/h5-8,10H,4,9H2,1-3H3,(H,17,18)(H,16,19,20). The van der Waals surface area contributed by atoms with E-state index in [9.17, 15) is 4.79 Å². The summed E-state index contributed by atoms with van der Waals surface area (Å²) >= 11 is 0. The molecule has 2 heterocycles. The van der Waals surface area contributed by atoms with Gasteiger partial charge in [0.1, 0.15) is 5.84 Å². The number of aryl methyl sites for hydroxylation is 1. The number of anilines is 1. The van der Waals surface area contributed by atoms with Gasteiger partial charge in [0, 0.05) is 29.2 Å². The van der Waals surface area contributed by atoms with Crippen molar-refractivity contribution in [3.05, 3.63) is 35.7 Å². The van der Waals surface area contributed by atoms with Crippen molar-refractivity contribution in [3.8, 4) is 0 Å². The van der Waals surface area contributed by atoms with E-state index >= 15 is 0 Å². The number of carbonyl (C=O) groups is 1. The van der Waals surface area contributed by atoms with Crippen LogP contribution in [0.15, 0.2) is 35.0 Å². The Labute approximate surface area is 119 Å². The largest absolute Gasteiger partial charge is 0.368 e. The van der Waals surface area contributed by atoms with Crippen LogP contribution in [0, 0.1) is 0 Å². The van der Waals surface area contributed by atoms with Gasteiger partial charge in [-0.15, -0.1) is 0 Å². The summed E-state index contributed by atoms with van der Waals surface area (Å²) in [5.74, 6) is 0.664. The van der Waals surface area contributed by atoms with Gasteiger partial charge in [-0.05, 0) is 38.5 Å². The number of nitrogens with zero attached hydrogens (tertiary/aromatic N) is 2. The van der Waals surface area contributed by atoms with E-state index in [0.717, 1.165) is 23.6 Å². The molecule has 20 heavy (non-hydrogen) atoms. The summed E-state index contributed by atoms with van der Waals surface area (Å²) in [5.41, 5.74) is 2.40. The molecule has 5 heteroatoms. The number of carbonyl (C=O) groups excluding carboxylic acids is 1. The molecule has 2 N–H and O–H groups in total. The summed E-state index contributed by atoms with van der Waals surface area (Å²) in [5, 5.41) is 6.08. The van der Waals surface area contributed by atoms with Crippen molar-refractivity contribution in [2.45, 2.75) is 33.2 Å². The summed E-state index contributed by atoms with van der Waals surface area (Å²) in [4.78, 5) is 20.6. The first-order valence-corrected chi connectivity index (χ1v) is 6.86. The Hall–Kier alpha value is -2.17. The van der Waals surface area contributed by atoms with Gasteiger partial charge >= 0.3 is 0 Å². The molecule has 0 unspecified atom stereocenters. The third-order valence-corrected chi connectivity index (χ3v) is 2.90. The smallest absolute Gasteiger partial charge is 0.253 e. The minimum atomic E-state index is -0.109. The van der Waals surface area contributed by atoms with Crippen LogP contribution in [0.3, 0.4) is 0 Å². The van der Waals surface area contributed by atoms with Crippen molar-refractivity contribution in [3.63, 3.8) is 0 Å². The molecule has 1 aliphatic heterocycles. The van der Waals surface area contributed by atoms with E-state index < -0.39 is 0 Å². The second-order valence-electron chi connectivity index (χ2n) is 5.01. The molecule has 2 rings (SSSR count). The van der Waals surface area contributed by atoms with Crippen LogP contribution in [0.2, 0.25) is 0 Å². The molecule has 0 bridgehead atoms. The maximum atomic E-state index is 12.1. The minimum Gasteiger partial charge on any atom is -0.368 e. The molecule has 0 saturated carbocycles. The monoisotopic (exact) mass is 272 g/mol. The quantitative estimate of drug-likeness (QED) is 0.880. The van der Waals surface area contributed by atoms with Crippen LogP contribution in [-0.4, -0.2) is 29.3 Å². The molecule has 0 radical (unpaired) electrons. The van der Waals surface area contributed by atoms with Gasteiger partial charge in [0.15, 0.2) is 0 Å². The molecule has 1 aromatic heterocycles. The van der Waals surface area contributed by atoms with Crippen LogP contribution < -0.4 is 10.6 Å². The van der Waals surface area contributed by atoms with Gasteiger partial charge in [0.2, 0.25) is 0 Å². The lowest BCUT2D eigenvalue weighted by molar-refractivity contribution is -0.112. The van der Waals surface area contributed by atoms with Crippen LogP contribution in [0.1, 0.15) is 26.5 Å². The average Bonchev–Trinajstić information content (AvgIpc) is 2.86. The lowest BCUT2D eigenvalue weighted by Crippen LogP contribution is -2.28. The highest BCUT2D eigenvalue weighted by molar-refractivity contribution is 6.11. The molecular weight excluding hydrogens is 252 g/mol. The zero-order chi connectivity index (χ0) is 14.5. The highest BCUT2D eigenvalue weighted by Crippen LogP contribution is 2.12. The SMILES string of the molecule is CCc1cc(NC(=O)C2=CC(NC(C)C)=NC2)ccn1. The lowest BCUT2D eigenvalue weighted by Gasteiger charge is -2.07. The first-order valence-electron chi connectivity index (χ1n) is 6.86. The third kappa shape index (κ3) is 3.66. The van der Waals surface area contributed by atoms with E-state index in [1.165, 1.54) is 0 Å². The number of aliphatic imine (C=N–C) groups is 1. The van der Waals surface area contributed by atoms with Gasteiger partial charge in [-0.1, -0.05) is 6.92 Å². The summed E-state index contributed by atoms with van der Waals surface area (Å²) in [6.45, 7) is 6.53. The Bertz CT molecular complexity index is 561. The van der Waals surface area contributed by atoms with Crippen LogP contribution in [0.25, 0.3) is 0 Å². The van der Waals surface area contributed by atoms with Gasteiger partial charge in [-0.2, -0.15) is 0 Å². The van der Waals surface area contributed by atoms with Crippen molar-refractivity contribution >= 4 is 17.4 Å². The normalized spacial score (nSPS) is 14.0. The van der Waals surface area contributed by atoms with Crippen molar-refractivity contribution in [1.29, 1.82) is 0 Å². The zero-order valence-electron chi connectivity index (χ0n) is 12.1. The van der Waals surface area contributed by atoms with Crippen LogP contribution in [-0.2, 0) is 11.2 Å². The molecule has 5 nitrogen and oxygen atoms in total. The molecule has 0 aliphatic carbocycles. The highest BCUT2D eigenvalue weighted by Gasteiger charge is 2.16. The summed E-state index contributed by atoms with van der Waals surface area (Å²) in [7, 11) is 0. The molecule has 106 valence electrons. The highest BCUT2D eigenvalue weighted by atomic mass is 16.1. The lowest BCUT2D eigenvalue weighted by atomic mass is 10.2. The molecule has 0 saturated heterocycles. The van der Waals surface area contributed by atoms with E-state index in [4.69, 9.17) is 0 Å². The number of amidine groups is 1. The van der Waals surface area contributed by atoms with Gasteiger partial charge in [-0.3, -0.25) is 14.8 Å². The van der Waals surface area contributed by atoms with Crippen molar-refractivity contribution < 1.29 is 4.79 Å². The molecule has 1 aromatic rings. The van der Waals surface area contributed by atoms with E-state index in [1.807, 2.05) is 26.8 Å². The number of nitrogens with one attached hydrogen (secondary N) is 2. The maximum Gasteiger partial charge on any atom is 0.253 e. The molecule has 0 fully saturated rings. The molecular formula is C15H20N4O. The molecule has 0 atom stereocenters. The zero-order valence-corrected chi connectivity index (χ0v) is 12.1. The van der Waals surface area contributed by atoms with Crippen molar-refractivity contribution in [1.82, 2.24) is 10.3 Å². The van der Waals surface area contributed by atoms with Crippen molar-refractivity contribution in [2.24, 2.45) is 4.99 Å². The van der Waals surface area contributed by atoms with Gasteiger partial charge in [0.25, 0.3) is 5.91 Å². The Morgan fingerprint density at radius 1 is 1.45 bits per heavy atom. The number of pyridine rings is 1. The summed E-state index contributed by atoms with van der Waals surface area (Å²) < 4.78 is 0. The third-order valence-electron chi connectivity index (χ3n) is 2.90. The van der Waals surface area contributed by atoms with E-state index in [-0.39, 0.29) is 5.91 Å². The van der Waals surface area contributed by atoms with E-state index in [2.05, 4.69) is 20.6 Å². The Balaban J connectivity index is 1.99. The summed E-state index contributed by atoms with van der Waals surface area (Å²) in [6.07, 6.45) is 4.36. The fourth-order valence-electron chi connectivity index (χ4n) is 1.91. The minimum absolute atomic E-state index is 0.109. The molecule has 1 amide bonds. The molecule has 0 aromatic carbocycles. The fraction of sp³-hybridized carbons (Fsp3) is 0.400. The predicted molar refractivity (Wildman–Crippen MR) is 80.9 cm³/mol. The molecule has 0 spiro atoms. The Morgan fingerprint density at radius 3 is 2.95 bits per heavy atom. The first-order chi connectivity index (χ1) is 9.58. The Kier molecular flexibility index (Phi) is 4.50. The Morgan fingerprint density at radius 2 is 2.25 bits per heavy atom. The number of aromatic nitrogens is 1. The fourth-order valence-corrected chi connectivity index (χ4v) is 1.91. The van der Waals surface area contributed by atoms with Crippen LogP contribution in [0.4, 0.5) is 5.69 Å². The van der Waals surface area contributed by atoms with Crippen molar-refractivity contribution in [2.75, 3.05) is 11.9 Å². The second kappa shape index (κ2) is 6.32. The molecule has 1 aliphatic rings. The predicted octanol–water partition coefficient (Wildman–Crippen LogP) is 1.92. The number of amides is 1. The topological polar surface area (TPSA) is 66.4 Å². The second-order valence-corrected chi connectivity index (χ2v) is 5.01. The van der Waals surface area contributed by atoms with Gasteiger partial charge in [-0.25, -0.2) is 0 Å². The first kappa shape index (κ1) is 14.2. The number of hydrogen-bond donors (Lipinski definition) is 2. The van der Waals surface area contributed by atoms with E-state index in [0.29, 0.717) is 18.2 Å². The summed E-state index contributed by atoms with van der Waals surface area (Å²) in [6, 6.07) is 3.99. The average molecular weight is 272 g/mol. The number of rotatable bonds is 4. The number of hydrogen-bond acceptors (Lipinski definition) is 4. The van der Waals surface area contributed by atoms with Crippen LogP contribution in [0.5, 0.6) is 0 Å². The van der Waals surface area contributed by atoms with E-state index in [1.54, 1.807) is 18.3 Å². The van der Waals surface area contributed by atoms with Gasteiger partial charge < -0.3 is 10.6 Å². The van der Waals surface area contributed by atoms with Gasteiger partial charge in [0.05, 0.1) is 6.54 Å². The van der Waals surface area contributed by atoms with Crippen LogP contribution >= 0.6 is 0 Å². The maximum absolute atomic E-state index is 12.1.